The van der Waals surface area contributed by atoms with Gasteiger partial charge in [0.2, 0.25) is 0 Å². The Kier molecular flexibility index (Phi) is 10.8. The molecule has 0 bridgehead atoms. The molecule has 1 atom stereocenters. The van der Waals surface area contributed by atoms with Crippen LogP contribution in [-0.2, 0) is 51.2 Å². The summed E-state index contributed by atoms with van der Waals surface area (Å²) in [6.45, 7) is 6.31. The van der Waals surface area contributed by atoms with Gasteiger partial charge in [-0.05, 0) is 124 Å². The quantitative estimate of drug-likeness (QED) is 0.0979. The summed E-state index contributed by atoms with van der Waals surface area (Å²) in [7, 11) is 1.81. The molecule has 1 saturated heterocycles. The van der Waals surface area contributed by atoms with Crippen molar-refractivity contribution in [2.24, 2.45) is 5.92 Å². The van der Waals surface area contributed by atoms with Gasteiger partial charge >= 0.3 is 12.4 Å². The molecule has 1 aliphatic heterocycles. The predicted molar refractivity (Wildman–Crippen MR) is 243 cm³/mol. The summed E-state index contributed by atoms with van der Waals surface area (Å²) in [6.07, 6.45) is -0.469. The Morgan fingerprint density at radius 1 is 0.779 bits per heavy atom. The zero-order chi connectivity index (χ0) is 47.2. The number of H-pyrrole nitrogens is 3. The minimum atomic E-state index is -4.75. The fourth-order valence-electron chi connectivity index (χ4n) is 10.9. The van der Waals surface area contributed by atoms with Gasteiger partial charge < -0.3 is 10.2 Å². The third-order valence-electron chi connectivity index (χ3n) is 14.0. The highest BCUT2D eigenvalue weighted by Gasteiger charge is 2.41. The third kappa shape index (κ3) is 7.55. The number of benzene rings is 2. The van der Waals surface area contributed by atoms with Crippen molar-refractivity contribution in [1.29, 1.82) is 0 Å². The molecule has 354 valence electrons. The zero-order valence-corrected chi connectivity index (χ0v) is 37.7. The van der Waals surface area contributed by atoms with Crippen molar-refractivity contribution < 1.29 is 31.1 Å². The lowest BCUT2D eigenvalue weighted by Crippen LogP contribution is -2.37. The number of hydrogen-bond acceptors (Lipinski definition) is 9. The van der Waals surface area contributed by atoms with Gasteiger partial charge in [-0.15, -0.1) is 0 Å². The highest BCUT2D eigenvalue weighted by atomic mass is 19.4. The van der Waals surface area contributed by atoms with Crippen molar-refractivity contribution in [3.63, 3.8) is 0 Å². The van der Waals surface area contributed by atoms with Crippen LogP contribution in [0.1, 0.15) is 95.8 Å². The van der Waals surface area contributed by atoms with Crippen LogP contribution in [0.2, 0.25) is 0 Å². The molecule has 8 aromatic rings. The van der Waals surface area contributed by atoms with Crippen LogP contribution in [0, 0.1) is 5.92 Å². The number of hydrogen-bond donors (Lipinski definition) is 4. The molecule has 7 heterocycles. The summed E-state index contributed by atoms with van der Waals surface area (Å²) in [6, 6.07) is 6.98. The van der Waals surface area contributed by atoms with E-state index >= 15 is 13.2 Å². The van der Waals surface area contributed by atoms with E-state index in [1.807, 2.05) is 24.1 Å². The summed E-state index contributed by atoms with van der Waals surface area (Å²) >= 11 is 0. The average molecular weight is 938 g/mol. The number of aromatic nitrogens is 10. The number of rotatable bonds is 10. The fourth-order valence-corrected chi connectivity index (χ4v) is 10.9. The average Bonchev–Trinajstić information content (AvgIpc) is 4.17. The van der Waals surface area contributed by atoms with Crippen molar-refractivity contribution in [3.8, 4) is 22.5 Å². The molecule has 1 unspecified atom stereocenters. The molecule has 11 rings (SSSR count). The maximum absolute atomic E-state index is 15.0. The van der Waals surface area contributed by atoms with Crippen molar-refractivity contribution in [2.45, 2.75) is 103 Å². The maximum atomic E-state index is 15.0. The second-order valence-corrected chi connectivity index (χ2v) is 18.9. The number of aryl methyl sites for hydroxylation is 2. The topological polar surface area (TPSA) is 165 Å². The number of nitrogens with one attached hydrogen (secondary N) is 4. The Morgan fingerprint density at radius 2 is 1.38 bits per heavy atom. The predicted octanol–water partition coefficient (Wildman–Crippen LogP) is 9.13. The number of carbonyl (C=O) groups is 1. The summed E-state index contributed by atoms with van der Waals surface area (Å²) in [4.78, 5) is 27.8. The van der Waals surface area contributed by atoms with E-state index in [0.717, 1.165) is 70.9 Å². The molecule has 68 heavy (non-hydrogen) atoms. The van der Waals surface area contributed by atoms with Crippen LogP contribution < -0.4 is 5.32 Å². The van der Waals surface area contributed by atoms with Crippen molar-refractivity contribution in [2.75, 3.05) is 26.7 Å². The lowest BCUT2D eigenvalue weighted by molar-refractivity contribution is -0.141. The number of fused-ring (bicyclic) bond motifs is 10. The van der Waals surface area contributed by atoms with E-state index in [0.29, 0.717) is 89.7 Å². The highest BCUT2D eigenvalue weighted by Crippen LogP contribution is 2.45. The number of likely N-dealkylation sites (tertiary alicyclic amines) is 1. The molecule has 6 aromatic heterocycles. The number of halogens is 6. The van der Waals surface area contributed by atoms with E-state index < -0.39 is 23.7 Å². The summed E-state index contributed by atoms with van der Waals surface area (Å²) in [5.74, 6) is 0.119. The molecular weight excluding hydrogens is 889 g/mol. The van der Waals surface area contributed by atoms with E-state index in [1.54, 1.807) is 17.0 Å². The summed E-state index contributed by atoms with van der Waals surface area (Å²) in [5, 5.41) is 31.9. The summed E-state index contributed by atoms with van der Waals surface area (Å²) in [5.41, 5.74) is 5.23. The SMILES string of the molecule is CC(C)CNCc1n[nH]c2ccc3nc(-c4cn(CN(C)C5CCN(C(=O)c6n[nH]c7ccc8nc(-c9c[nH]nc9C(F)(F)F)c9c(c8c67)CCCC9)C5)nc4C(F)(F)F)c4c(c3c12)CCCC4. The molecule has 0 radical (unpaired) electrons. The fraction of sp³-hybridized carbons (Fsp3) is 0.438. The number of amides is 1. The summed E-state index contributed by atoms with van der Waals surface area (Å²) < 4.78 is 88.4. The molecule has 2 aliphatic carbocycles. The van der Waals surface area contributed by atoms with Crippen LogP contribution in [0.3, 0.4) is 0 Å². The zero-order valence-electron chi connectivity index (χ0n) is 37.7. The molecule has 1 fully saturated rings. The van der Waals surface area contributed by atoms with E-state index in [9.17, 15) is 18.0 Å². The number of carbonyl (C=O) groups excluding carboxylic acids is 1. The van der Waals surface area contributed by atoms with Crippen LogP contribution in [-0.4, -0.2) is 98.8 Å². The van der Waals surface area contributed by atoms with Gasteiger partial charge in [-0.1, -0.05) is 13.8 Å². The van der Waals surface area contributed by atoms with Gasteiger partial charge in [0.1, 0.15) is 0 Å². The van der Waals surface area contributed by atoms with E-state index in [-0.39, 0.29) is 47.7 Å². The number of likely N-dealkylation sites (N-methyl/N-ethyl adjacent to an activating group) is 1. The monoisotopic (exact) mass is 937 g/mol. The van der Waals surface area contributed by atoms with Crippen LogP contribution in [0.25, 0.3) is 66.1 Å². The number of aromatic amines is 3. The molecule has 14 nitrogen and oxygen atoms in total. The Hall–Kier alpha value is -6.41. The first-order chi connectivity index (χ1) is 32.6. The second-order valence-electron chi connectivity index (χ2n) is 18.9. The molecule has 1 amide bonds. The lowest BCUT2D eigenvalue weighted by Gasteiger charge is -2.24. The molecule has 4 N–H and O–H groups in total. The molecule has 3 aliphatic rings. The van der Waals surface area contributed by atoms with Crippen molar-refractivity contribution in [1.82, 2.24) is 65.5 Å². The molecule has 0 spiro atoms. The first-order valence-electron chi connectivity index (χ1n) is 23.2. The second kappa shape index (κ2) is 16.7. The Bertz CT molecular complexity index is 3270. The van der Waals surface area contributed by atoms with E-state index in [4.69, 9.17) is 9.97 Å². The standard InChI is InChI=1S/C48H49F6N13O/c1-24(2)18-55-20-36-39-34(59-61-36)14-12-32-37(39)26-8-4-7-11-29(26)42(58-32)31-22-67(64-45(31)48(52,53)54)23-65(3)25-16-17-66(21-25)46(68)43-40-35(60-62-43)15-13-33-38(40)27-9-5-6-10-28(27)41(57-33)30-19-56-63-44(30)47(49,50)51/h12-15,19,22,24-25,55H,4-11,16-18,20-21,23H2,1-3H3,(H,56,63)(H,59,61)(H,60,62). The van der Waals surface area contributed by atoms with Gasteiger partial charge in [-0.2, -0.15) is 46.7 Å². The molecule has 0 saturated carbocycles. The van der Waals surface area contributed by atoms with Gasteiger partial charge in [0, 0.05) is 59.6 Å². The Balaban J connectivity index is 0.882. The lowest BCUT2D eigenvalue weighted by atomic mass is 9.85. The van der Waals surface area contributed by atoms with Crippen LogP contribution in [0.5, 0.6) is 0 Å². The van der Waals surface area contributed by atoms with Gasteiger partial charge in [-0.3, -0.25) is 29.7 Å². The smallest absolute Gasteiger partial charge is 0.336 e. The maximum Gasteiger partial charge on any atom is 0.435 e. The first kappa shape index (κ1) is 44.1. The first-order valence-corrected chi connectivity index (χ1v) is 23.2. The molecule has 20 heteroatoms. The largest absolute Gasteiger partial charge is 0.435 e. The Labute approximate surface area is 385 Å². The van der Waals surface area contributed by atoms with Gasteiger partial charge in [-0.25, -0.2) is 9.97 Å². The van der Waals surface area contributed by atoms with Gasteiger partial charge in [0.05, 0.1) is 56.9 Å². The van der Waals surface area contributed by atoms with Crippen molar-refractivity contribution in [3.05, 3.63) is 81.7 Å². The third-order valence-corrected chi connectivity index (χ3v) is 14.0. The minimum absolute atomic E-state index is 0.0246. The number of alkyl halides is 6. The van der Waals surface area contributed by atoms with E-state index in [1.165, 1.54) is 17.1 Å². The van der Waals surface area contributed by atoms with Gasteiger partial charge in [0.15, 0.2) is 17.1 Å². The van der Waals surface area contributed by atoms with Gasteiger partial charge in [0.25, 0.3) is 5.91 Å². The number of pyridine rings is 2. The highest BCUT2D eigenvalue weighted by molar-refractivity contribution is 6.17. The minimum Gasteiger partial charge on any atom is -0.336 e. The van der Waals surface area contributed by atoms with E-state index in [2.05, 4.69) is 54.9 Å². The Morgan fingerprint density at radius 3 is 2.03 bits per heavy atom. The van der Waals surface area contributed by atoms with Crippen molar-refractivity contribution >= 4 is 49.5 Å². The molecular formula is C48H49F6N13O. The normalized spacial score (nSPS) is 16.9. The van der Waals surface area contributed by atoms with Crippen LogP contribution in [0.15, 0.2) is 36.7 Å². The molecule has 2 aromatic carbocycles. The number of nitrogens with zero attached hydrogens (tertiary/aromatic N) is 9. The van der Waals surface area contributed by atoms with Crippen LogP contribution in [0.4, 0.5) is 26.3 Å². The van der Waals surface area contributed by atoms with Crippen LogP contribution >= 0.6 is 0 Å².